The van der Waals surface area contributed by atoms with Crippen molar-refractivity contribution >= 4 is 5.97 Å². The molecule has 0 saturated heterocycles. The van der Waals surface area contributed by atoms with Crippen LogP contribution in [0.2, 0.25) is 0 Å². The molecular weight excluding hydrogens is 216 g/mol. The topological polar surface area (TPSA) is 57.5 Å². The number of carboxylic acids is 1. The van der Waals surface area contributed by atoms with Gasteiger partial charge in [0.25, 0.3) is 0 Å². The second-order valence-corrected chi connectivity index (χ2v) is 3.90. The van der Waals surface area contributed by atoms with E-state index < -0.39 is 5.97 Å². The van der Waals surface area contributed by atoms with Crippen molar-refractivity contribution in [1.82, 2.24) is 0 Å². The van der Waals surface area contributed by atoms with Crippen LogP contribution in [0.3, 0.4) is 0 Å². The van der Waals surface area contributed by atoms with Crippen LogP contribution in [0.15, 0.2) is 42.5 Å². The Morgan fingerprint density at radius 3 is 2.53 bits per heavy atom. The van der Waals surface area contributed by atoms with Crippen LogP contribution >= 0.6 is 0 Å². The maximum Gasteiger partial charge on any atom is 0.336 e. The standard InChI is InChI=1S/C14H12O3/c1-9-5-6-12(13(7-9)14(16)17)10-3-2-4-11(15)8-10/h2-8,15H,1H3,(H,16,17). The minimum atomic E-state index is -0.966. The summed E-state index contributed by atoms with van der Waals surface area (Å²) < 4.78 is 0. The molecule has 0 aliphatic rings. The number of carboxylic acid groups (broad SMARTS) is 1. The Morgan fingerprint density at radius 2 is 1.88 bits per heavy atom. The lowest BCUT2D eigenvalue weighted by molar-refractivity contribution is 0.0697. The molecule has 2 N–H and O–H groups in total. The van der Waals surface area contributed by atoms with Gasteiger partial charge in [-0.2, -0.15) is 0 Å². The van der Waals surface area contributed by atoms with Gasteiger partial charge in [0.05, 0.1) is 5.56 Å². The van der Waals surface area contributed by atoms with Crippen molar-refractivity contribution < 1.29 is 15.0 Å². The van der Waals surface area contributed by atoms with E-state index in [1.165, 1.54) is 0 Å². The van der Waals surface area contributed by atoms with Crippen molar-refractivity contribution in [2.24, 2.45) is 0 Å². The molecular formula is C14H12O3. The molecule has 2 aromatic carbocycles. The van der Waals surface area contributed by atoms with Crippen molar-refractivity contribution in [3.63, 3.8) is 0 Å². The van der Waals surface area contributed by atoms with Crippen LogP contribution in [0.1, 0.15) is 15.9 Å². The highest BCUT2D eigenvalue weighted by Gasteiger charge is 2.11. The van der Waals surface area contributed by atoms with Crippen LogP contribution in [0.4, 0.5) is 0 Å². The average Bonchev–Trinajstić information content (AvgIpc) is 2.28. The zero-order valence-electron chi connectivity index (χ0n) is 9.34. The zero-order chi connectivity index (χ0) is 12.4. The van der Waals surface area contributed by atoms with Gasteiger partial charge in [-0.3, -0.25) is 0 Å². The molecule has 17 heavy (non-hydrogen) atoms. The van der Waals surface area contributed by atoms with E-state index in [1.807, 2.05) is 13.0 Å². The molecule has 3 nitrogen and oxygen atoms in total. The van der Waals surface area contributed by atoms with Gasteiger partial charge in [0.2, 0.25) is 0 Å². The van der Waals surface area contributed by atoms with Gasteiger partial charge in [-0.05, 0) is 36.2 Å². The summed E-state index contributed by atoms with van der Waals surface area (Å²) in [6, 6.07) is 11.8. The molecule has 0 unspecified atom stereocenters. The third-order valence-electron chi connectivity index (χ3n) is 2.56. The SMILES string of the molecule is Cc1ccc(-c2cccc(O)c2)c(C(=O)O)c1. The Hall–Kier alpha value is -2.29. The third kappa shape index (κ3) is 2.28. The zero-order valence-corrected chi connectivity index (χ0v) is 9.34. The first-order valence-corrected chi connectivity index (χ1v) is 5.21. The summed E-state index contributed by atoms with van der Waals surface area (Å²) in [6.07, 6.45) is 0. The Morgan fingerprint density at radius 1 is 1.12 bits per heavy atom. The second-order valence-electron chi connectivity index (χ2n) is 3.90. The lowest BCUT2D eigenvalue weighted by Crippen LogP contribution is -2.00. The molecule has 0 spiro atoms. The van der Waals surface area contributed by atoms with Gasteiger partial charge in [-0.1, -0.05) is 29.8 Å². The largest absolute Gasteiger partial charge is 0.508 e. The van der Waals surface area contributed by atoms with Crippen LogP contribution in [-0.4, -0.2) is 16.2 Å². The van der Waals surface area contributed by atoms with Gasteiger partial charge in [-0.25, -0.2) is 4.79 Å². The van der Waals surface area contributed by atoms with Gasteiger partial charge < -0.3 is 10.2 Å². The molecule has 86 valence electrons. The van der Waals surface area contributed by atoms with E-state index in [4.69, 9.17) is 5.11 Å². The Bertz CT molecular complexity index is 573. The second kappa shape index (κ2) is 4.29. The molecule has 2 rings (SSSR count). The summed E-state index contributed by atoms with van der Waals surface area (Å²) in [5, 5.41) is 18.6. The monoisotopic (exact) mass is 228 g/mol. The molecule has 0 saturated carbocycles. The third-order valence-corrected chi connectivity index (χ3v) is 2.56. The number of benzene rings is 2. The number of phenols is 1. The Labute approximate surface area is 99.0 Å². The molecule has 0 aliphatic carbocycles. The lowest BCUT2D eigenvalue weighted by Gasteiger charge is -2.07. The number of aryl methyl sites for hydroxylation is 1. The van der Waals surface area contributed by atoms with Crippen molar-refractivity contribution in [1.29, 1.82) is 0 Å². The summed E-state index contributed by atoms with van der Waals surface area (Å²) in [5.74, 6) is -0.841. The summed E-state index contributed by atoms with van der Waals surface area (Å²) in [4.78, 5) is 11.2. The van der Waals surface area contributed by atoms with E-state index in [0.717, 1.165) is 5.56 Å². The molecule has 0 bridgehead atoms. The highest BCUT2D eigenvalue weighted by Crippen LogP contribution is 2.27. The molecule has 3 heteroatoms. The van der Waals surface area contributed by atoms with Crippen molar-refractivity contribution in [2.45, 2.75) is 6.92 Å². The Kier molecular flexibility index (Phi) is 2.83. The molecule has 0 aromatic heterocycles. The van der Waals surface area contributed by atoms with Crippen LogP contribution in [0.25, 0.3) is 11.1 Å². The fourth-order valence-corrected chi connectivity index (χ4v) is 1.76. The van der Waals surface area contributed by atoms with Crippen LogP contribution in [0.5, 0.6) is 5.75 Å². The van der Waals surface area contributed by atoms with Gasteiger partial charge in [0.15, 0.2) is 0 Å². The van der Waals surface area contributed by atoms with Gasteiger partial charge in [-0.15, -0.1) is 0 Å². The molecule has 2 aromatic rings. The minimum absolute atomic E-state index is 0.124. The maximum atomic E-state index is 11.2. The quantitative estimate of drug-likeness (QED) is 0.830. The summed E-state index contributed by atoms with van der Waals surface area (Å²) >= 11 is 0. The van der Waals surface area contributed by atoms with Gasteiger partial charge >= 0.3 is 5.97 Å². The molecule has 0 atom stereocenters. The normalized spacial score (nSPS) is 10.2. The fourth-order valence-electron chi connectivity index (χ4n) is 1.76. The van der Waals surface area contributed by atoms with Gasteiger partial charge in [0, 0.05) is 0 Å². The summed E-state index contributed by atoms with van der Waals surface area (Å²) in [5.41, 5.74) is 2.45. The van der Waals surface area contributed by atoms with Crippen LogP contribution in [0, 0.1) is 6.92 Å². The minimum Gasteiger partial charge on any atom is -0.508 e. The first-order valence-electron chi connectivity index (χ1n) is 5.21. The smallest absolute Gasteiger partial charge is 0.336 e. The predicted octanol–water partition coefficient (Wildman–Crippen LogP) is 3.07. The predicted molar refractivity (Wildman–Crippen MR) is 65.2 cm³/mol. The Balaban J connectivity index is 2.63. The van der Waals surface area contributed by atoms with E-state index >= 15 is 0 Å². The fraction of sp³-hybridized carbons (Fsp3) is 0.0714. The average molecular weight is 228 g/mol. The first kappa shape index (κ1) is 11.2. The van der Waals surface area contributed by atoms with E-state index in [2.05, 4.69) is 0 Å². The number of carbonyl (C=O) groups is 1. The maximum absolute atomic E-state index is 11.2. The van der Waals surface area contributed by atoms with Gasteiger partial charge in [0.1, 0.15) is 5.75 Å². The summed E-state index contributed by atoms with van der Waals surface area (Å²) in [7, 11) is 0. The van der Waals surface area contributed by atoms with Crippen LogP contribution < -0.4 is 0 Å². The van der Waals surface area contributed by atoms with Crippen molar-refractivity contribution in [2.75, 3.05) is 0 Å². The molecule has 0 fully saturated rings. The van der Waals surface area contributed by atoms with E-state index in [9.17, 15) is 9.90 Å². The number of hydrogen-bond donors (Lipinski definition) is 2. The van der Waals surface area contributed by atoms with E-state index in [1.54, 1.807) is 36.4 Å². The van der Waals surface area contributed by atoms with E-state index in [-0.39, 0.29) is 11.3 Å². The number of hydrogen-bond acceptors (Lipinski definition) is 2. The molecule has 0 aliphatic heterocycles. The number of rotatable bonds is 2. The first-order chi connectivity index (χ1) is 8.08. The number of aromatic hydroxyl groups is 1. The molecule has 0 amide bonds. The summed E-state index contributed by atoms with van der Waals surface area (Å²) in [6.45, 7) is 1.85. The van der Waals surface area contributed by atoms with Crippen molar-refractivity contribution in [3.8, 4) is 16.9 Å². The highest BCUT2D eigenvalue weighted by molar-refractivity contribution is 5.96. The van der Waals surface area contributed by atoms with Crippen molar-refractivity contribution in [3.05, 3.63) is 53.6 Å². The highest BCUT2D eigenvalue weighted by atomic mass is 16.4. The lowest BCUT2D eigenvalue weighted by atomic mass is 9.98. The number of aromatic carboxylic acids is 1. The van der Waals surface area contributed by atoms with E-state index in [0.29, 0.717) is 11.1 Å². The molecule has 0 radical (unpaired) electrons. The van der Waals surface area contributed by atoms with Crippen LogP contribution in [-0.2, 0) is 0 Å². The number of phenolic OH excluding ortho intramolecular Hbond substituents is 1. The molecule has 0 heterocycles.